The van der Waals surface area contributed by atoms with Crippen LogP contribution >= 0.6 is 0 Å². The molecule has 0 saturated heterocycles. The Morgan fingerprint density at radius 1 is 1.18 bits per heavy atom. The second-order valence-corrected chi connectivity index (χ2v) is 4.98. The van der Waals surface area contributed by atoms with E-state index in [1.54, 1.807) is 26.0 Å². The Morgan fingerprint density at radius 2 is 1.95 bits per heavy atom. The van der Waals surface area contributed by atoms with Crippen molar-refractivity contribution in [2.24, 2.45) is 0 Å². The zero-order valence-corrected chi connectivity index (χ0v) is 12.9. The van der Waals surface area contributed by atoms with Crippen molar-refractivity contribution < 1.29 is 23.5 Å². The molecule has 1 aromatic rings. The molecule has 1 heterocycles. The quantitative estimate of drug-likeness (QED) is 0.528. The van der Waals surface area contributed by atoms with E-state index >= 15 is 0 Å². The molecule has 0 aliphatic rings. The van der Waals surface area contributed by atoms with Crippen molar-refractivity contribution >= 4 is 17.8 Å². The van der Waals surface area contributed by atoms with Gasteiger partial charge in [-0.3, -0.25) is 14.4 Å². The largest absolute Gasteiger partial charge is 0.463 e. The van der Waals surface area contributed by atoms with E-state index in [0.29, 0.717) is 13.0 Å². The SMILES string of the molecule is CC(C)OC(=O)CCNC(=O)CCCNC(=O)c1ccco1. The average molecular weight is 310 g/mol. The molecular formula is C15H22N2O5. The third kappa shape index (κ3) is 7.47. The van der Waals surface area contributed by atoms with E-state index in [0.717, 1.165) is 0 Å². The first-order chi connectivity index (χ1) is 10.5. The first-order valence-electron chi connectivity index (χ1n) is 7.27. The summed E-state index contributed by atoms with van der Waals surface area (Å²) in [4.78, 5) is 34.3. The monoisotopic (exact) mass is 310 g/mol. The molecule has 0 aliphatic carbocycles. The van der Waals surface area contributed by atoms with Crippen LogP contribution in [0.4, 0.5) is 0 Å². The lowest BCUT2D eigenvalue weighted by molar-refractivity contribution is -0.147. The number of carbonyl (C=O) groups is 3. The molecule has 2 N–H and O–H groups in total. The van der Waals surface area contributed by atoms with Gasteiger partial charge in [0.15, 0.2) is 5.76 Å². The van der Waals surface area contributed by atoms with Gasteiger partial charge in [0.05, 0.1) is 18.8 Å². The fourth-order valence-electron chi connectivity index (χ4n) is 1.66. The second-order valence-electron chi connectivity index (χ2n) is 4.98. The first kappa shape index (κ1) is 17.7. The predicted octanol–water partition coefficient (Wildman–Crippen LogP) is 1.25. The number of furan rings is 1. The van der Waals surface area contributed by atoms with Crippen molar-refractivity contribution in [2.75, 3.05) is 13.1 Å². The zero-order valence-electron chi connectivity index (χ0n) is 12.9. The topological polar surface area (TPSA) is 97.6 Å². The summed E-state index contributed by atoms with van der Waals surface area (Å²) in [5.41, 5.74) is 0. The Kier molecular flexibility index (Phi) is 7.74. The fourth-order valence-corrected chi connectivity index (χ4v) is 1.66. The molecule has 122 valence electrons. The van der Waals surface area contributed by atoms with Gasteiger partial charge in [-0.05, 0) is 32.4 Å². The van der Waals surface area contributed by atoms with Gasteiger partial charge >= 0.3 is 5.97 Å². The van der Waals surface area contributed by atoms with Crippen molar-refractivity contribution in [3.05, 3.63) is 24.2 Å². The molecule has 0 radical (unpaired) electrons. The van der Waals surface area contributed by atoms with Gasteiger partial charge in [-0.1, -0.05) is 0 Å². The molecule has 1 rings (SSSR count). The molecular weight excluding hydrogens is 288 g/mol. The predicted molar refractivity (Wildman–Crippen MR) is 79.1 cm³/mol. The van der Waals surface area contributed by atoms with Gasteiger partial charge in [0.1, 0.15) is 0 Å². The molecule has 0 spiro atoms. The molecule has 0 atom stereocenters. The maximum atomic E-state index is 11.5. The van der Waals surface area contributed by atoms with E-state index in [1.807, 2.05) is 0 Å². The summed E-state index contributed by atoms with van der Waals surface area (Å²) in [6.45, 7) is 4.17. The fraction of sp³-hybridized carbons (Fsp3) is 0.533. The molecule has 22 heavy (non-hydrogen) atoms. The van der Waals surface area contributed by atoms with Crippen LogP contribution in [-0.4, -0.2) is 37.0 Å². The summed E-state index contributed by atoms with van der Waals surface area (Å²) in [5, 5.41) is 5.28. The highest BCUT2D eigenvalue weighted by molar-refractivity contribution is 5.91. The molecule has 0 unspecified atom stereocenters. The van der Waals surface area contributed by atoms with Crippen LogP contribution in [0.3, 0.4) is 0 Å². The Morgan fingerprint density at radius 3 is 2.59 bits per heavy atom. The molecule has 0 aliphatic heterocycles. The molecule has 7 nitrogen and oxygen atoms in total. The highest BCUT2D eigenvalue weighted by atomic mass is 16.5. The first-order valence-corrected chi connectivity index (χ1v) is 7.27. The summed E-state index contributed by atoms with van der Waals surface area (Å²) >= 11 is 0. The van der Waals surface area contributed by atoms with Crippen molar-refractivity contribution in [3.63, 3.8) is 0 Å². The number of hydrogen-bond donors (Lipinski definition) is 2. The van der Waals surface area contributed by atoms with Crippen LogP contribution in [0.25, 0.3) is 0 Å². The third-order valence-corrected chi connectivity index (χ3v) is 2.63. The number of hydrogen-bond acceptors (Lipinski definition) is 5. The van der Waals surface area contributed by atoms with Crippen LogP contribution in [0, 0.1) is 0 Å². The van der Waals surface area contributed by atoms with E-state index in [-0.39, 0.29) is 49.0 Å². The number of nitrogens with one attached hydrogen (secondary N) is 2. The normalized spacial score (nSPS) is 10.3. The van der Waals surface area contributed by atoms with E-state index < -0.39 is 0 Å². The zero-order chi connectivity index (χ0) is 16.4. The highest BCUT2D eigenvalue weighted by Gasteiger charge is 2.09. The van der Waals surface area contributed by atoms with Gasteiger partial charge in [0.2, 0.25) is 5.91 Å². The van der Waals surface area contributed by atoms with Crippen LogP contribution in [0.5, 0.6) is 0 Å². The minimum atomic E-state index is -0.332. The smallest absolute Gasteiger partial charge is 0.307 e. The Bertz CT molecular complexity index is 482. The van der Waals surface area contributed by atoms with E-state index in [1.165, 1.54) is 6.26 Å². The molecule has 7 heteroatoms. The molecule has 0 bridgehead atoms. The van der Waals surface area contributed by atoms with Crippen molar-refractivity contribution in [1.82, 2.24) is 10.6 Å². The average Bonchev–Trinajstić information content (AvgIpc) is 2.96. The summed E-state index contributed by atoms with van der Waals surface area (Å²) in [5.74, 6) is -0.555. The van der Waals surface area contributed by atoms with Crippen LogP contribution in [0.1, 0.15) is 43.7 Å². The molecule has 1 aromatic heterocycles. The Hall–Kier alpha value is -2.31. The molecule has 2 amide bonds. The van der Waals surface area contributed by atoms with Gasteiger partial charge in [-0.15, -0.1) is 0 Å². The van der Waals surface area contributed by atoms with Crippen LogP contribution in [0.15, 0.2) is 22.8 Å². The number of carbonyl (C=O) groups excluding carboxylic acids is 3. The minimum Gasteiger partial charge on any atom is -0.463 e. The van der Waals surface area contributed by atoms with Gasteiger partial charge in [-0.25, -0.2) is 0 Å². The molecule has 0 fully saturated rings. The molecule has 0 aromatic carbocycles. The minimum absolute atomic E-state index is 0.152. The lowest BCUT2D eigenvalue weighted by Crippen LogP contribution is -2.29. The summed E-state index contributed by atoms with van der Waals surface area (Å²) < 4.78 is 9.89. The highest BCUT2D eigenvalue weighted by Crippen LogP contribution is 1.99. The molecule has 0 saturated carbocycles. The van der Waals surface area contributed by atoms with Crippen LogP contribution < -0.4 is 10.6 Å². The number of ether oxygens (including phenoxy) is 1. The third-order valence-electron chi connectivity index (χ3n) is 2.63. The second kappa shape index (κ2) is 9.59. The lowest BCUT2D eigenvalue weighted by atomic mass is 10.3. The maximum absolute atomic E-state index is 11.5. The summed E-state index contributed by atoms with van der Waals surface area (Å²) in [6, 6.07) is 3.20. The van der Waals surface area contributed by atoms with Crippen molar-refractivity contribution in [1.29, 1.82) is 0 Å². The van der Waals surface area contributed by atoms with E-state index in [4.69, 9.17) is 9.15 Å². The number of amides is 2. The summed E-state index contributed by atoms with van der Waals surface area (Å²) in [6.07, 6.45) is 2.21. The number of esters is 1. The maximum Gasteiger partial charge on any atom is 0.307 e. The van der Waals surface area contributed by atoms with Crippen LogP contribution in [0.2, 0.25) is 0 Å². The van der Waals surface area contributed by atoms with Crippen molar-refractivity contribution in [2.45, 2.75) is 39.2 Å². The number of rotatable bonds is 9. The van der Waals surface area contributed by atoms with Gasteiger partial charge in [0, 0.05) is 19.5 Å². The van der Waals surface area contributed by atoms with Crippen LogP contribution in [-0.2, 0) is 14.3 Å². The van der Waals surface area contributed by atoms with Gasteiger partial charge in [0.25, 0.3) is 5.91 Å². The van der Waals surface area contributed by atoms with Gasteiger partial charge in [-0.2, -0.15) is 0 Å². The van der Waals surface area contributed by atoms with Crippen molar-refractivity contribution in [3.8, 4) is 0 Å². The lowest BCUT2D eigenvalue weighted by Gasteiger charge is -2.08. The van der Waals surface area contributed by atoms with Gasteiger partial charge < -0.3 is 19.8 Å². The van der Waals surface area contributed by atoms with E-state index in [9.17, 15) is 14.4 Å². The van der Waals surface area contributed by atoms with E-state index in [2.05, 4.69) is 10.6 Å². The Balaban J connectivity index is 2.04. The summed E-state index contributed by atoms with van der Waals surface area (Å²) in [7, 11) is 0. The standard InChI is InChI=1S/C15H22N2O5/c1-11(2)22-14(19)7-9-16-13(18)6-3-8-17-15(20)12-5-4-10-21-12/h4-5,10-11H,3,6-9H2,1-2H3,(H,16,18)(H,17,20). The Labute approximate surface area is 129 Å².